The molecule has 5 rings (SSSR count). The molecule has 5 aliphatic rings. The molecule has 0 aromatic heterocycles. The van der Waals surface area contributed by atoms with Crippen LogP contribution in [-0.4, -0.2) is 27.7 Å². The number of rotatable bonds is 1. The third-order valence-corrected chi connectivity index (χ3v) is 10.6. The molecule has 1 saturated heterocycles. The molecule has 1 heterocycles. The summed E-state index contributed by atoms with van der Waals surface area (Å²) in [6.07, 6.45) is 10.1. The number of hydrogen-bond acceptors (Lipinski definition) is 5. The van der Waals surface area contributed by atoms with E-state index in [2.05, 4.69) is 19.9 Å². The van der Waals surface area contributed by atoms with Gasteiger partial charge in [-0.3, -0.25) is 14.4 Å². The third-order valence-electron chi connectivity index (χ3n) is 9.57. The van der Waals surface area contributed by atoms with E-state index >= 15 is 0 Å². The van der Waals surface area contributed by atoms with Crippen molar-refractivity contribution in [3.8, 4) is 0 Å². The number of ketones is 1. The summed E-state index contributed by atoms with van der Waals surface area (Å²) in [4.78, 5) is 36.4. The Morgan fingerprint density at radius 1 is 1.07 bits per heavy atom. The van der Waals surface area contributed by atoms with Crippen molar-refractivity contribution in [2.45, 2.75) is 89.4 Å². The molecule has 4 aliphatic carbocycles. The van der Waals surface area contributed by atoms with E-state index in [9.17, 15) is 14.4 Å². The molecule has 1 spiro atoms. The van der Waals surface area contributed by atoms with E-state index in [0.29, 0.717) is 42.8 Å². The highest BCUT2D eigenvalue weighted by atomic mass is 32.2. The Labute approximate surface area is 177 Å². The van der Waals surface area contributed by atoms with Crippen LogP contribution in [0.3, 0.4) is 0 Å². The summed E-state index contributed by atoms with van der Waals surface area (Å²) >= 11 is 1.46. The summed E-state index contributed by atoms with van der Waals surface area (Å²) in [5.74, 6) is 1.71. The molecule has 4 nitrogen and oxygen atoms in total. The molecule has 0 amide bonds. The van der Waals surface area contributed by atoms with Gasteiger partial charge in [-0.1, -0.05) is 37.3 Å². The molecular formula is C24H32O4S. The number of allylic oxidation sites excluding steroid dienone is 1. The smallest absolute Gasteiger partial charge is 0.306 e. The molecule has 0 aromatic rings. The molecule has 5 heteroatoms. The Balaban J connectivity index is 1.57. The summed E-state index contributed by atoms with van der Waals surface area (Å²) in [6, 6.07) is 0. The molecule has 7 atom stereocenters. The van der Waals surface area contributed by atoms with E-state index in [-0.39, 0.29) is 32.8 Å². The zero-order chi connectivity index (χ0) is 20.6. The Hall–Kier alpha value is -1.10. The zero-order valence-electron chi connectivity index (χ0n) is 17.8. The van der Waals surface area contributed by atoms with Gasteiger partial charge in [-0.05, 0) is 61.7 Å². The fourth-order valence-corrected chi connectivity index (χ4v) is 9.19. The van der Waals surface area contributed by atoms with Gasteiger partial charge in [0.15, 0.2) is 5.12 Å². The average Bonchev–Trinajstić information content (AvgIpc) is 3.17. The number of ether oxygens (including phenoxy) is 1. The Morgan fingerprint density at radius 3 is 2.52 bits per heavy atom. The molecule has 0 bridgehead atoms. The van der Waals surface area contributed by atoms with Gasteiger partial charge >= 0.3 is 5.97 Å². The zero-order valence-corrected chi connectivity index (χ0v) is 18.6. The first-order chi connectivity index (χ1) is 13.7. The van der Waals surface area contributed by atoms with Crippen LogP contribution < -0.4 is 0 Å². The minimum Gasteiger partial charge on any atom is -0.458 e. The fourth-order valence-electron chi connectivity index (χ4n) is 8.04. The second kappa shape index (κ2) is 6.45. The summed E-state index contributed by atoms with van der Waals surface area (Å²) in [7, 11) is 0. The molecule has 3 saturated carbocycles. The number of carbonyl (C=O) groups excluding carboxylic acids is 3. The molecule has 29 heavy (non-hydrogen) atoms. The Kier molecular flexibility index (Phi) is 4.41. The van der Waals surface area contributed by atoms with Crippen molar-refractivity contribution in [3.05, 3.63) is 11.6 Å². The van der Waals surface area contributed by atoms with Crippen molar-refractivity contribution in [2.75, 3.05) is 0 Å². The number of esters is 1. The van der Waals surface area contributed by atoms with E-state index < -0.39 is 0 Å². The van der Waals surface area contributed by atoms with Crippen molar-refractivity contribution in [2.24, 2.45) is 28.6 Å². The van der Waals surface area contributed by atoms with Crippen LogP contribution in [0.4, 0.5) is 0 Å². The van der Waals surface area contributed by atoms with E-state index in [4.69, 9.17) is 4.74 Å². The summed E-state index contributed by atoms with van der Waals surface area (Å²) in [5, 5.41) is 0.298. The summed E-state index contributed by atoms with van der Waals surface area (Å²) in [6.45, 7) is 6.40. The van der Waals surface area contributed by atoms with Gasteiger partial charge in [0.05, 0.1) is 0 Å². The lowest BCUT2D eigenvalue weighted by atomic mass is 9.46. The first kappa shape index (κ1) is 19.8. The second-order valence-electron chi connectivity index (χ2n) is 10.7. The van der Waals surface area contributed by atoms with E-state index in [1.807, 2.05) is 0 Å². The SMILES string of the molecule is CC(=O)S[C@@H]1C=C2CC(=O)CCC2(C)C2CC[C@]3(C)[C@@H](CC[C@@]34CCC(=O)O4)C21. The van der Waals surface area contributed by atoms with Crippen LogP contribution in [0.2, 0.25) is 0 Å². The van der Waals surface area contributed by atoms with Crippen LogP contribution >= 0.6 is 11.8 Å². The highest BCUT2D eigenvalue weighted by Crippen LogP contribution is 2.70. The molecule has 158 valence electrons. The quantitative estimate of drug-likeness (QED) is 0.452. The largest absolute Gasteiger partial charge is 0.458 e. The van der Waals surface area contributed by atoms with Gasteiger partial charge in [-0.15, -0.1) is 0 Å². The molecule has 3 unspecified atom stereocenters. The normalized spacial score (nSPS) is 48.6. The highest BCUT2D eigenvalue weighted by Gasteiger charge is 2.68. The molecule has 0 N–H and O–H groups in total. The van der Waals surface area contributed by atoms with Gasteiger partial charge in [0.25, 0.3) is 0 Å². The maximum atomic E-state index is 12.2. The first-order valence-electron chi connectivity index (χ1n) is 11.3. The molecular weight excluding hydrogens is 384 g/mol. The van der Waals surface area contributed by atoms with Crippen LogP contribution in [0, 0.1) is 28.6 Å². The minimum atomic E-state index is -0.293. The van der Waals surface area contributed by atoms with E-state index in [0.717, 1.165) is 38.5 Å². The standard InChI is InChI=1S/C24H32O4S/c1-14(25)29-19-13-15-12-16(26)4-8-22(15,2)17-5-9-23(3)18(21(17)19)6-10-24(23)11-7-20(27)28-24/h13,17-19,21H,4-12H2,1-3H3/t17?,18-,19+,21?,22?,23+,24+/m0/s1. The van der Waals surface area contributed by atoms with Gasteiger partial charge < -0.3 is 4.74 Å². The van der Waals surface area contributed by atoms with Crippen LogP contribution in [0.1, 0.15) is 78.6 Å². The van der Waals surface area contributed by atoms with Crippen molar-refractivity contribution in [3.63, 3.8) is 0 Å². The summed E-state index contributed by atoms with van der Waals surface area (Å²) < 4.78 is 6.05. The van der Waals surface area contributed by atoms with Gasteiger partial charge in [0, 0.05) is 36.9 Å². The molecule has 0 aromatic carbocycles. The first-order valence-corrected chi connectivity index (χ1v) is 12.2. The fraction of sp³-hybridized carbons (Fsp3) is 0.792. The van der Waals surface area contributed by atoms with Crippen LogP contribution in [0.25, 0.3) is 0 Å². The predicted molar refractivity (Wildman–Crippen MR) is 112 cm³/mol. The summed E-state index contributed by atoms with van der Waals surface area (Å²) in [5.41, 5.74) is 1.08. The number of thioether (sulfide) groups is 1. The maximum Gasteiger partial charge on any atom is 0.306 e. The molecule has 1 aliphatic heterocycles. The van der Waals surface area contributed by atoms with Crippen molar-refractivity contribution < 1.29 is 19.1 Å². The van der Waals surface area contributed by atoms with Gasteiger partial charge in [-0.2, -0.15) is 0 Å². The number of hydrogen-bond donors (Lipinski definition) is 0. The lowest BCUT2D eigenvalue weighted by Gasteiger charge is -2.60. The topological polar surface area (TPSA) is 60.4 Å². The monoisotopic (exact) mass is 416 g/mol. The van der Waals surface area contributed by atoms with E-state index in [1.165, 1.54) is 17.3 Å². The van der Waals surface area contributed by atoms with Crippen LogP contribution in [0.5, 0.6) is 0 Å². The van der Waals surface area contributed by atoms with Crippen molar-refractivity contribution in [1.82, 2.24) is 0 Å². The predicted octanol–water partition coefficient (Wildman–Crippen LogP) is 4.85. The van der Waals surface area contributed by atoms with Crippen molar-refractivity contribution >= 4 is 28.6 Å². The average molecular weight is 417 g/mol. The molecule has 4 fully saturated rings. The van der Waals surface area contributed by atoms with Crippen LogP contribution in [-0.2, 0) is 19.1 Å². The van der Waals surface area contributed by atoms with Gasteiger partial charge in [0.1, 0.15) is 11.4 Å². The van der Waals surface area contributed by atoms with Crippen LogP contribution in [0.15, 0.2) is 11.6 Å². The Bertz CT molecular complexity index is 818. The number of carbonyl (C=O) groups is 3. The van der Waals surface area contributed by atoms with Gasteiger partial charge in [-0.25, -0.2) is 0 Å². The lowest BCUT2D eigenvalue weighted by molar-refractivity contribution is -0.166. The third kappa shape index (κ3) is 2.68. The Morgan fingerprint density at radius 2 is 1.83 bits per heavy atom. The minimum absolute atomic E-state index is 0.00210. The maximum absolute atomic E-state index is 12.2. The van der Waals surface area contributed by atoms with E-state index in [1.54, 1.807) is 6.92 Å². The lowest BCUT2D eigenvalue weighted by Crippen LogP contribution is -2.57. The molecule has 0 radical (unpaired) electrons. The number of fused-ring (bicyclic) bond motifs is 6. The number of Topliss-reactive ketones (excluding diaryl/α,β-unsaturated/α-hetero) is 1. The van der Waals surface area contributed by atoms with Crippen molar-refractivity contribution in [1.29, 1.82) is 0 Å². The van der Waals surface area contributed by atoms with Gasteiger partial charge in [0.2, 0.25) is 0 Å². The second-order valence-corrected chi connectivity index (χ2v) is 12.0. The highest BCUT2D eigenvalue weighted by molar-refractivity contribution is 8.14.